The van der Waals surface area contributed by atoms with Gasteiger partial charge >= 0.3 is 10.1 Å². The second kappa shape index (κ2) is 8.01. The van der Waals surface area contributed by atoms with Gasteiger partial charge in [0.15, 0.2) is 11.5 Å². The Balaban J connectivity index is 1.86. The van der Waals surface area contributed by atoms with Gasteiger partial charge in [0.05, 0.1) is 5.56 Å². The van der Waals surface area contributed by atoms with Gasteiger partial charge in [0.25, 0.3) is 0 Å². The third-order valence-corrected chi connectivity index (χ3v) is 5.14. The molecule has 3 rings (SSSR count). The number of para-hydroxylation sites is 1. The average molecular weight is 378 g/mol. The lowest BCUT2D eigenvalue weighted by molar-refractivity contribution is 0.104. The maximum absolute atomic E-state index is 12.5. The lowest BCUT2D eigenvalue weighted by Gasteiger charge is -2.10. The number of ketones is 1. The van der Waals surface area contributed by atoms with E-state index in [0.717, 1.165) is 11.1 Å². The molecule has 4 nitrogen and oxygen atoms in total. The SMILES string of the molecule is Cc1ccc(S(=O)(=O)Oc2ccccc2C(=O)/C=C/c2ccccc2)cc1. The molecule has 5 heteroatoms. The van der Waals surface area contributed by atoms with Crippen LogP contribution in [-0.4, -0.2) is 14.2 Å². The molecule has 0 unspecified atom stereocenters. The minimum atomic E-state index is -4.03. The number of rotatable bonds is 6. The second-order valence-electron chi connectivity index (χ2n) is 5.95. The minimum Gasteiger partial charge on any atom is -0.378 e. The molecule has 3 aromatic carbocycles. The Kier molecular flexibility index (Phi) is 5.52. The van der Waals surface area contributed by atoms with Crippen LogP contribution < -0.4 is 4.18 Å². The van der Waals surface area contributed by atoms with Gasteiger partial charge in [-0.05, 0) is 42.8 Å². The highest BCUT2D eigenvalue weighted by Crippen LogP contribution is 2.24. The molecule has 0 heterocycles. The van der Waals surface area contributed by atoms with Crippen molar-refractivity contribution in [1.82, 2.24) is 0 Å². The number of carbonyl (C=O) groups excluding carboxylic acids is 1. The quantitative estimate of drug-likeness (QED) is 0.356. The molecule has 27 heavy (non-hydrogen) atoms. The molecule has 0 aliphatic rings. The fourth-order valence-electron chi connectivity index (χ4n) is 2.44. The number of aryl methyl sites for hydroxylation is 1. The van der Waals surface area contributed by atoms with E-state index in [0.29, 0.717) is 0 Å². The highest BCUT2D eigenvalue weighted by Gasteiger charge is 2.20. The van der Waals surface area contributed by atoms with Crippen molar-refractivity contribution >= 4 is 22.0 Å². The topological polar surface area (TPSA) is 60.4 Å². The van der Waals surface area contributed by atoms with Crippen LogP contribution in [0.2, 0.25) is 0 Å². The molecular formula is C22H18O4S. The molecule has 3 aromatic rings. The van der Waals surface area contributed by atoms with Crippen LogP contribution in [0.4, 0.5) is 0 Å². The molecule has 0 radical (unpaired) electrons. The zero-order valence-corrected chi connectivity index (χ0v) is 15.5. The van der Waals surface area contributed by atoms with Gasteiger partial charge in [-0.3, -0.25) is 4.79 Å². The van der Waals surface area contributed by atoms with Crippen LogP contribution in [0.3, 0.4) is 0 Å². The monoisotopic (exact) mass is 378 g/mol. The molecule has 0 amide bonds. The standard InChI is InChI=1S/C22H18O4S/c1-17-11-14-19(15-12-17)27(24,25)26-22-10-6-5-9-20(22)21(23)16-13-18-7-3-2-4-8-18/h2-16H,1H3/b16-13+. The van der Waals surface area contributed by atoms with Gasteiger partial charge < -0.3 is 4.18 Å². The molecule has 0 N–H and O–H groups in total. The van der Waals surface area contributed by atoms with Crippen molar-refractivity contribution in [3.63, 3.8) is 0 Å². The molecule has 0 atom stereocenters. The molecule has 0 aromatic heterocycles. The summed E-state index contributed by atoms with van der Waals surface area (Å²) in [6.45, 7) is 1.87. The van der Waals surface area contributed by atoms with E-state index in [4.69, 9.17) is 4.18 Å². The molecule has 0 fully saturated rings. The highest BCUT2D eigenvalue weighted by atomic mass is 32.2. The van der Waals surface area contributed by atoms with Gasteiger partial charge in [0.1, 0.15) is 4.90 Å². The third kappa shape index (κ3) is 4.71. The van der Waals surface area contributed by atoms with E-state index in [1.165, 1.54) is 30.3 Å². The van der Waals surface area contributed by atoms with E-state index in [-0.39, 0.29) is 22.0 Å². The number of hydrogen-bond donors (Lipinski definition) is 0. The zero-order chi connectivity index (χ0) is 19.3. The van der Waals surface area contributed by atoms with Crippen LogP contribution in [0.25, 0.3) is 6.08 Å². The molecule has 0 bridgehead atoms. The Morgan fingerprint density at radius 2 is 1.48 bits per heavy atom. The Bertz CT molecular complexity index is 1070. The van der Waals surface area contributed by atoms with E-state index in [2.05, 4.69) is 0 Å². The van der Waals surface area contributed by atoms with Crippen LogP contribution >= 0.6 is 0 Å². The fraction of sp³-hybridized carbons (Fsp3) is 0.0455. The van der Waals surface area contributed by atoms with Crippen molar-refractivity contribution < 1.29 is 17.4 Å². The van der Waals surface area contributed by atoms with Crippen molar-refractivity contribution in [2.24, 2.45) is 0 Å². The van der Waals surface area contributed by atoms with Gasteiger partial charge in [0.2, 0.25) is 0 Å². The second-order valence-corrected chi connectivity index (χ2v) is 7.50. The van der Waals surface area contributed by atoms with Crippen LogP contribution in [0.5, 0.6) is 5.75 Å². The third-order valence-electron chi connectivity index (χ3n) is 3.89. The summed E-state index contributed by atoms with van der Waals surface area (Å²) in [7, 11) is -4.03. The Labute approximate surface area is 158 Å². The van der Waals surface area contributed by atoms with Gasteiger partial charge in [-0.15, -0.1) is 0 Å². The highest BCUT2D eigenvalue weighted by molar-refractivity contribution is 7.87. The first-order chi connectivity index (χ1) is 13.0. The smallest absolute Gasteiger partial charge is 0.339 e. The predicted molar refractivity (Wildman–Crippen MR) is 105 cm³/mol. The molecule has 136 valence electrons. The van der Waals surface area contributed by atoms with Crippen LogP contribution in [0.15, 0.2) is 89.8 Å². The van der Waals surface area contributed by atoms with Gasteiger partial charge in [-0.25, -0.2) is 0 Å². The first-order valence-electron chi connectivity index (χ1n) is 8.33. The first kappa shape index (κ1) is 18.6. The number of carbonyl (C=O) groups is 1. The number of hydrogen-bond acceptors (Lipinski definition) is 4. The molecule has 0 saturated carbocycles. The van der Waals surface area contributed by atoms with Crippen LogP contribution in [-0.2, 0) is 10.1 Å². The lowest BCUT2D eigenvalue weighted by atomic mass is 10.1. The maximum Gasteiger partial charge on any atom is 0.339 e. The van der Waals surface area contributed by atoms with Gasteiger partial charge in [-0.2, -0.15) is 8.42 Å². The van der Waals surface area contributed by atoms with Gasteiger partial charge in [0, 0.05) is 0 Å². The first-order valence-corrected chi connectivity index (χ1v) is 9.74. The fourth-order valence-corrected chi connectivity index (χ4v) is 3.39. The summed E-state index contributed by atoms with van der Waals surface area (Å²) in [6, 6.07) is 22.0. The summed E-state index contributed by atoms with van der Waals surface area (Å²) in [5.41, 5.74) is 1.99. The van der Waals surface area contributed by atoms with Crippen molar-refractivity contribution in [2.45, 2.75) is 11.8 Å². The van der Waals surface area contributed by atoms with Crippen LogP contribution in [0.1, 0.15) is 21.5 Å². The summed E-state index contributed by atoms with van der Waals surface area (Å²) in [5.74, 6) is -0.339. The largest absolute Gasteiger partial charge is 0.378 e. The average Bonchev–Trinajstić information content (AvgIpc) is 2.67. The van der Waals surface area contributed by atoms with E-state index >= 15 is 0 Å². The lowest BCUT2D eigenvalue weighted by Crippen LogP contribution is -2.12. The summed E-state index contributed by atoms with van der Waals surface area (Å²) < 4.78 is 30.3. The van der Waals surface area contributed by atoms with Crippen molar-refractivity contribution in [3.05, 3.63) is 102 Å². The van der Waals surface area contributed by atoms with E-state index < -0.39 is 10.1 Å². The van der Waals surface area contributed by atoms with Crippen molar-refractivity contribution in [3.8, 4) is 5.75 Å². The minimum absolute atomic E-state index is 0.000728. The zero-order valence-electron chi connectivity index (χ0n) is 14.7. The van der Waals surface area contributed by atoms with Crippen LogP contribution in [0, 0.1) is 6.92 Å². The Morgan fingerprint density at radius 3 is 2.19 bits per heavy atom. The molecule has 0 saturated heterocycles. The number of benzene rings is 3. The van der Waals surface area contributed by atoms with E-state index in [9.17, 15) is 13.2 Å². The van der Waals surface area contributed by atoms with Gasteiger partial charge in [-0.1, -0.05) is 66.2 Å². The van der Waals surface area contributed by atoms with E-state index in [1.807, 2.05) is 37.3 Å². The molecule has 0 spiro atoms. The normalized spacial score (nSPS) is 11.4. The molecular weight excluding hydrogens is 360 g/mol. The van der Waals surface area contributed by atoms with Crippen molar-refractivity contribution in [2.75, 3.05) is 0 Å². The van der Waals surface area contributed by atoms with E-state index in [1.54, 1.807) is 30.3 Å². The summed E-state index contributed by atoms with van der Waals surface area (Å²) in [4.78, 5) is 12.6. The Morgan fingerprint density at radius 1 is 0.852 bits per heavy atom. The Hall–Kier alpha value is -3.18. The summed E-state index contributed by atoms with van der Waals surface area (Å²) >= 11 is 0. The maximum atomic E-state index is 12.5. The van der Waals surface area contributed by atoms with Crippen molar-refractivity contribution in [1.29, 1.82) is 0 Å². The summed E-state index contributed by atoms with van der Waals surface area (Å²) in [6.07, 6.45) is 3.07. The predicted octanol–water partition coefficient (Wildman–Crippen LogP) is 4.66. The summed E-state index contributed by atoms with van der Waals surface area (Å²) in [5, 5.41) is 0. The molecule has 0 aliphatic heterocycles. The molecule has 0 aliphatic carbocycles. The number of allylic oxidation sites excluding steroid dienone is 1.